The maximum absolute atomic E-state index is 13.2. The summed E-state index contributed by atoms with van der Waals surface area (Å²) in [4.78, 5) is 11.1. The predicted octanol–water partition coefficient (Wildman–Crippen LogP) is 7.28. The fourth-order valence-corrected chi connectivity index (χ4v) is 4.35. The van der Waals surface area contributed by atoms with Crippen LogP contribution in [-0.4, -0.2) is 11.1 Å². The van der Waals surface area contributed by atoms with Gasteiger partial charge in [-0.05, 0) is 65.4 Å². The first kappa shape index (κ1) is 21.1. The maximum atomic E-state index is 13.2. The molecule has 1 fully saturated rings. The Morgan fingerprint density at radius 1 is 0.871 bits per heavy atom. The van der Waals surface area contributed by atoms with E-state index in [1.807, 2.05) is 12.1 Å². The molecule has 1 N–H and O–H groups in total. The van der Waals surface area contributed by atoms with Crippen LogP contribution in [0, 0.1) is 11.7 Å². The molecule has 0 radical (unpaired) electrons. The third-order valence-corrected chi connectivity index (χ3v) is 6.11. The van der Waals surface area contributed by atoms with Crippen LogP contribution >= 0.6 is 0 Å². The van der Waals surface area contributed by atoms with E-state index in [-0.39, 0.29) is 17.5 Å². The van der Waals surface area contributed by atoms with Crippen LogP contribution in [0.4, 0.5) is 4.39 Å². The van der Waals surface area contributed by atoms with Gasteiger partial charge in [0.05, 0.1) is 5.56 Å². The molecule has 31 heavy (non-hydrogen) atoms. The van der Waals surface area contributed by atoms with E-state index in [2.05, 4.69) is 12.1 Å². The largest absolute Gasteiger partial charge is 0.486 e. The lowest BCUT2D eigenvalue weighted by Crippen LogP contribution is -2.16. The summed E-state index contributed by atoms with van der Waals surface area (Å²) < 4.78 is 19.6. The number of hydrogen-bond acceptors (Lipinski definition) is 2. The molecule has 1 aliphatic carbocycles. The van der Waals surface area contributed by atoms with Crippen molar-refractivity contribution >= 4 is 5.97 Å². The zero-order valence-corrected chi connectivity index (χ0v) is 17.5. The number of carboxylic acid groups (broad SMARTS) is 1. The lowest BCUT2D eigenvalue weighted by molar-refractivity contribution is 0.0697. The molecule has 0 amide bonds. The van der Waals surface area contributed by atoms with Gasteiger partial charge in [-0.2, -0.15) is 0 Å². The van der Waals surface area contributed by atoms with Gasteiger partial charge < -0.3 is 9.84 Å². The van der Waals surface area contributed by atoms with Crippen LogP contribution < -0.4 is 4.74 Å². The standard InChI is InChI=1S/C27H27FO3/c28-24-14-10-21(11-15-24)20-6-8-22(9-7-20)26(18-19-4-2-1-3-5-19)31-25-16-12-23(13-17-25)27(29)30/h6-17,19,26H,1-5,18H2,(H,29,30)/t26-/m0/s1. The fourth-order valence-electron chi connectivity index (χ4n) is 4.35. The first-order chi connectivity index (χ1) is 15.1. The zero-order valence-electron chi connectivity index (χ0n) is 17.5. The molecular formula is C27H27FO3. The summed E-state index contributed by atoms with van der Waals surface area (Å²) in [5, 5.41) is 9.13. The van der Waals surface area contributed by atoms with Crippen molar-refractivity contribution in [2.75, 3.05) is 0 Å². The van der Waals surface area contributed by atoms with Crippen LogP contribution in [0.2, 0.25) is 0 Å². The van der Waals surface area contributed by atoms with Crippen LogP contribution in [-0.2, 0) is 0 Å². The van der Waals surface area contributed by atoms with Crippen molar-refractivity contribution in [1.29, 1.82) is 0 Å². The third-order valence-electron chi connectivity index (χ3n) is 6.11. The van der Waals surface area contributed by atoms with Crippen molar-refractivity contribution in [3.05, 3.63) is 89.7 Å². The smallest absolute Gasteiger partial charge is 0.335 e. The summed E-state index contributed by atoms with van der Waals surface area (Å²) in [5.74, 6) is 0.124. The van der Waals surface area contributed by atoms with Crippen LogP contribution in [0.1, 0.15) is 60.6 Å². The molecule has 4 heteroatoms. The molecule has 1 atom stereocenters. The molecule has 3 aromatic carbocycles. The van der Waals surface area contributed by atoms with Crippen LogP contribution in [0.15, 0.2) is 72.8 Å². The number of rotatable bonds is 7. The van der Waals surface area contributed by atoms with Gasteiger partial charge in [0.25, 0.3) is 0 Å². The number of hydrogen-bond donors (Lipinski definition) is 1. The molecule has 1 aliphatic rings. The highest BCUT2D eigenvalue weighted by atomic mass is 19.1. The Labute approximate surface area is 182 Å². The van der Waals surface area contributed by atoms with E-state index in [4.69, 9.17) is 9.84 Å². The summed E-state index contributed by atoms with van der Waals surface area (Å²) >= 11 is 0. The van der Waals surface area contributed by atoms with Gasteiger partial charge in [-0.25, -0.2) is 9.18 Å². The average molecular weight is 419 g/mol. The summed E-state index contributed by atoms with van der Waals surface area (Å²) in [5.41, 5.74) is 3.35. The minimum atomic E-state index is -0.943. The molecule has 3 nitrogen and oxygen atoms in total. The topological polar surface area (TPSA) is 46.5 Å². The summed E-state index contributed by atoms with van der Waals surface area (Å²) in [6.45, 7) is 0. The Kier molecular flexibility index (Phi) is 6.66. The van der Waals surface area contributed by atoms with Gasteiger partial charge in [-0.1, -0.05) is 68.5 Å². The number of carbonyl (C=O) groups is 1. The van der Waals surface area contributed by atoms with Gasteiger partial charge in [0, 0.05) is 0 Å². The van der Waals surface area contributed by atoms with Crippen molar-refractivity contribution in [2.45, 2.75) is 44.6 Å². The highest BCUT2D eigenvalue weighted by Gasteiger charge is 2.22. The SMILES string of the molecule is O=C(O)c1ccc(O[C@@H](CC2CCCCC2)c2ccc(-c3ccc(F)cc3)cc2)cc1. The monoisotopic (exact) mass is 418 g/mol. The van der Waals surface area contributed by atoms with Gasteiger partial charge >= 0.3 is 5.97 Å². The van der Waals surface area contributed by atoms with E-state index in [1.165, 1.54) is 44.2 Å². The first-order valence-corrected chi connectivity index (χ1v) is 10.9. The van der Waals surface area contributed by atoms with E-state index in [1.54, 1.807) is 36.4 Å². The number of ether oxygens (including phenoxy) is 1. The predicted molar refractivity (Wildman–Crippen MR) is 120 cm³/mol. The number of halogens is 1. The molecule has 1 saturated carbocycles. The molecule has 0 aromatic heterocycles. The second-order valence-corrected chi connectivity index (χ2v) is 8.30. The van der Waals surface area contributed by atoms with Crippen molar-refractivity contribution in [3.8, 4) is 16.9 Å². The van der Waals surface area contributed by atoms with E-state index >= 15 is 0 Å². The van der Waals surface area contributed by atoms with Gasteiger partial charge in [0.15, 0.2) is 0 Å². The Morgan fingerprint density at radius 3 is 2.03 bits per heavy atom. The van der Waals surface area contributed by atoms with Crippen LogP contribution in [0.25, 0.3) is 11.1 Å². The number of benzene rings is 3. The molecule has 4 rings (SSSR count). The van der Waals surface area contributed by atoms with E-state index in [9.17, 15) is 9.18 Å². The van der Waals surface area contributed by atoms with E-state index in [0.717, 1.165) is 23.1 Å². The molecular weight excluding hydrogens is 391 g/mol. The molecule has 3 aromatic rings. The Morgan fingerprint density at radius 2 is 1.45 bits per heavy atom. The van der Waals surface area contributed by atoms with Crippen molar-refractivity contribution in [1.82, 2.24) is 0 Å². The van der Waals surface area contributed by atoms with E-state index < -0.39 is 5.97 Å². The van der Waals surface area contributed by atoms with Gasteiger partial charge in [0.1, 0.15) is 17.7 Å². The van der Waals surface area contributed by atoms with Crippen molar-refractivity contribution in [2.24, 2.45) is 5.92 Å². The quantitative estimate of drug-likeness (QED) is 0.438. The van der Waals surface area contributed by atoms with Gasteiger partial charge in [-0.3, -0.25) is 0 Å². The molecule has 0 aliphatic heterocycles. The second kappa shape index (κ2) is 9.78. The normalized spacial score (nSPS) is 15.4. The lowest BCUT2D eigenvalue weighted by Gasteiger charge is -2.27. The maximum Gasteiger partial charge on any atom is 0.335 e. The highest BCUT2D eigenvalue weighted by Crippen LogP contribution is 2.35. The van der Waals surface area contributed by atoms with Crippen molar-refractivity contribution in [3.63, 3.8) is 0 Å². The second-order valence-electron chi connectivity index (χ2n) is 8.30. The summed E-state index contributed by atoms with van der Waals surface area (Å²) in [6.07, 6.45) is 7.15. The van der Waals surface area contributed by atoms with Crippen LogP contribution in [0.5, 0.6) is 5.75 Å². The van der Waals surface area contributed by atoms with Gasteiger partial charge in [0.2, 0.25) is 0 Å². The Balaban J connectivity index is 1.55. The highest BCUT2D eigenvalue weighted by molar-refractivity contribution is 5.87. The molecule has 0 saturated heterocycles. The minimum Gasteiger partial charge on any atom is -0.486 e. The molecule has 0 bridgehead atoms. The summed E-state index contributed by atoms with van der Waals surface area (Å²) in [7, 11) is 0. The average Bonchev–Trinajstić information content (AvgIpc) is 2.80. The molecule has 0 unspecified atom stereocenters. The molecule has 160 valence electrons. The lowest BCUT2D eigenvalue weighted by atomic mass is 9.84. The Bertz CT molecular complexity index is 988. The van der Waals surface area contributed by atoms with Gasteiger partial charge in [-0.15, -0.1) is 0 Å². The molecule has 0 spiro atoms. The number of carboxylic acids is 1. The van der Waals surface area contributed by atoms with Crippen molar-refractivity contribution < 1.29 is 19.0 Å². The van der Waals surface area contributed by atoms with E-state index in [0.29, 0.717) is 11.7 Å². The summed E-state index contributed by atoms with van der Waals surface area (Å²) in [6, 6.07) is 21.4. The fraction of sp³-hybridized carbons (Fsp3) is 0.296. The first-order valence-electron chi connectivity index (χ1n) is 10.9. The minimum absolute atomic E-state index is 0.0963. The molecule has 0 heterocycles. The zero-order chi connectivity index (χ0) is 21.6. The third kappa shape index (κ3) is 5.52. The Hall–Kier alpha value is -3.14. The van der Waals surface area contributed by atoms with Crippen LogP contribution in [0.3, 0.4) is 0 Å². The number of aromatic carboxylic acids is 1.